The quantitative estimate of drug-likeness (QED) is 0.694. The maximum absolute atomic E-state index is 12.4. The highest BCUT2D eigenvalue weighted by Crippen LogP contribution is 2.32. The maximum Gasteiger partial charge on any atom is 0.239 e. The van der Waals surface area contributed by atoms with E-state index in [1.54, 1.807) is 0 Å². The molecule has 0 spiro atoms. The van der Waals surface area contributed by atoms with Gasteiger partial charge in [-0.3, -0.25) is 4.79 Å². The van der Waals surface area contributed by atoms with Gasteiger partial charge in [0.2, 0.25) is 5.91 Å². The Kier molecular flexibility index (Phi) is 5.59. The first-order chi connectivity index (χ1) is 9.99. The molecule has 0 fully saturated rings. The van der Waals surface area contributed by atoms with Crippen LogP contribution < -0.4 is 5.32 Å². The number of nitrogens with one attached hydrogen (secondary N) is 1. The number of hydrogen-bond acceptors (Lipinski definition) is 1. The number of benzene rings is 2. The molecule has 0 saturated heterocycles. The number of halogens is 2. The van der Waals surface area contributed by atoms with Crippen LogP contribution in [0.2, 0.25) is 0 Å². The third kappa shape index (κ3) is 4.17. The van der Waals surface area contributed by atoms with Crippen LogP contribution in [0.15, 0.2) is 48.5 Å². The monoisotopic (exact) mass is 409 g/mol. The maximum atomic E-state index is 12.4. The molecule has 0 aliphatic rings. The topological polar surface area (TPSA) is 29.1 Å². The second-order valence-electron chi connectivity index (χ2n) is 5.02. The lowest BCUT2D eigenvalue weighted by Gasteiger charge is -2.18. The fourth-order valence-electron chi connectivity index (χ4n) is 2.01. The Balaban J connectivity index is 2.11. The predicted molar refractivity (Wildman–Crippen MR) is 95.4 cm³/mol. The Hall–Kier alpha value is -1.13. The molecule has 0 heterocycles. The van der Waals surface area contributed by atoms with Crippen molar-refractivity contribution in [3.63, 3.8) is 0 Å². The van der Waals surface area contributed by atoms with Gasteiger partial charge in [-0.15, -0.1) is 0 Å². The predicted octanol–water partition coefficient (Wildman–Crippen LogP) is 5.14. The van der Waals surface area contributed by atoms with E-state index in [-0.39, 0.29) is 15.6 Å². The van der Waals surface area contributed by atoms with E-state index in [1.165, 1.54) is 0 Å². The van der Waals surface area contributed by atoms with Gasteiger partial charge in [0.15, 0.2) is 0 Å². The van der Waals surface area contributed by atoms with Crippen LogP contribution in [0.3, 0.4) is 0 Å². The molecule has 1 N–H and O–H groups in total. The molecule has 0 aliphatic heterocycles. The summed E-state index contributed by atoms with van der Waals surface area (Å²) in [6.45, 7) is 4.00. The van der Waals surface area contributed by atoms with Crippen LogP contribution in [0.5, 0.6) is 0 Å². The van der Waals surface area contributed by atoms with Crippen molar-refractivity contribution in [2.45, 2.75) is 23.5 Å². The first-order valence-corrected chi connectivity index (χ1v) is 8.53. The number of alkyl halides is 2. The highest BCUT2D eigenvalue weighted by Gasteiger charge is 2.25. The third-order valence-corrected chi connectivity index (χ3v) is 5.99. The molecule has 2 nitrogen and oxygen atoms in total. The lowest BCUT2D eigenvalue weighted by atomic mass is 10.1. The Morgan fingerprint density at radius 1 is 1.05 bits per heavy atom. The second-order valence-corrected chi connectivity index (χ2v) is 6.99. The minimum Gasteiger partial charge on any atom is -0.325 e. The number of amides is 1. The molecule has 110 valence electrons. The molecular weight excluding hydrogens is 394 g/mol. The number of aryl methyl sites for hydroxylation is 2. The third-order valence-electron chi connectivity index (χ3n) is 3.28. The molecule has 2 atom stereocenters. The van der Waals surface area contributed by atoms with Gasteiger partial charge in [-0.25, -0.2) is 0 Å². The molecule has 0 radical (unpaired) electrons. The van der Waals surface area contributed by atoms with Gasteiger partial charge in [0, 0.05) is 5.69 Å². The summed E-state index contributed by atoms with van der Waals surface area (Å²) >= 11 is 7.08. The van der Waals surface area contributed by atoms with Crippen LogP contribution >= 0.6 is 31.9 Å². The van der Waals surface area contributed by atoms with Gasteiger partial charge in [0.1, 0.15) is 4.83 Å². The number of carbonyl (C=O) groups is 1. The molecule has 2 aromatic rings. The Morgan fingerprint density at radius 3 is 2.38 bits per heavy atom. The van der Waals surface area contributed by atoms with Crippen molar-refractivity contribution >= 4 is 43.5 Å². The lowest BCUT2D eigenvalue weighted by molar-refractivity contribution is -0.115. The van der Waals surface area contributed by atoms with E-state index in [1.807, 2.05) is 62.4 Å². The molecule has 0 bridgehead atoms. The van der Waals surface area contributed by atoms with E-state index in [9.17, 15) is 4.79 Å². The number of carbonyl (C=O) groups excluding carboxylic acids is 1. The Morgan fingerprint density at radius 2 is 1.71 bits per heavy atom. The summed E-state index contributed by atoms with van der Waals surface area (Å²) < 4.78 is 0. The van der Waals surface area contributed by atoms with Gasteiger partial charge < -0.3 is 5.32 Å². The summed E-state index contributed by atoms with van der Waals surface area (Å²) in [6.07, 6.45) is 0. The molecule has 0 aliphatic carbocycles. The van der Waals surface area contributed by atoms with Crippen molar-refractivity contribution in [1.29, 1.82) is 0 Å². The Bertz CT molecular complexity index is 628. The average molecular weight is 411 g/mol. The van der Waals surface area contributed by atoms with E-state index < -0.39 is 0 Å². The van der Waals surface area contributed by atoms with Crippen LogP contribution in [-0.4, -0.2) is 10.7 Å². The number of hydrogen-bond donors (Lipinski definition) is 1. The summed E-state index contributed by atoms with van der Waals surface area (Å²) in [4.78, 5) is 12.0. The van der Waals surface area contributed by atoms with Gasteiger partial charge in [-0.1, -0.05) is 74.3 Å². The fraction of sp³-hybridized carbons (Fsp3) is 0.235. The molecule has 1 amide bonds. The fourth-order valence-corrected chi connectivity index (χ4v) is 2.98. The molecule has 0 unspecified atom stereocenters. The van der Waals surface area contributed by atoms with Crippen molar-refractivity contribution in [3.8, 4) is 0 Å². The normalized spacial score (nSPS) is 13.5. The molecule has 2 rings (SSSR count). The van der Waals surface area contributed by atoms with Gasteiger partial charge in [-0.2, -0.15) is 0 Å². The minimum atomic E-state index is -0.347. The van der Waals surface area contributed by atoms with Crippen molar-refractivity contribution in [2.24, 2.45) is 0 Å². The summed E-state index contributed by atoms with van der Waals surface area (Å²) in [5, 5.41) is 2.99. The highest BCUT2D eigenvalue weighted by atomic mass is 79.9. The molecule has 4 heteroatoms. The summed E-state index contributed by atoms with van der Waals surface area (Å²) in [5.74, 6) is -0.0607. The van der Waals surface area contributed by atoms with Crippen molar-refractivity contribution in [3.05, 3.63) is 65.2 Å². The first-order valence-electron chi connectivity index (χ1n) is 6.70. The van der Waals surface area contributed by atoms with Crippen molar-refractivity contribution in [2.75, 3.05) is 5.32 Å². The number of rotatable bonds is 4. The smallest absolute Gasteiger partial charge is 0.239 e. The lowest BCUT2D eigenvalue weighted by Crippen LogP contribution is -2.26. The van der Waals surface area contributed by atoms with Crippen LogP contribution in [0.1, 0.15) is 21.5 Å². The van der Waals surface area contributed by atoms with E-state index in [2.05, 4.69) is 37.2 Å². The number of anilines is 1. The molecular formula is C17H17Br2NO. The Labute approximate surface area is 142 Å². The zero-order chi connectivity index (χ0) is 15.4. The van der Waals surface area contributed by atoms with Crippen LogP contribution in [0, 0.1) is 13.8 Å². The van der Waals surface area contributed by atoms with Gasteiger partial charge in [-0.05, 0) is 36.6 Å². The minimum absolute atomic E-state index is 0.0607. The molecule has 21 heavy (non-hydrogen) atoms. The summed E-state index contributed by atoms with van der Waals surface area (Å²) in [6, 6.07) is 15.9. The van der Waals surface area contributed by atoms with Gasteiger partial charge in [0.05, 0.1) is 4.83 Å². The van der Waals surface area contributed by atoms with E-state index in [4.69, 9.17) is 0 Å². The standard InChI is InChI=1S/C17H17Br2NO/c1-11-8-9-12(2)14(10-11)20-17(21)16(19)15(18)13-6-4-3-5-7-13/h3-10,15-16H,1-2H3,(H,20,21)/t15-,16+/m1/s1. The zero-order valence-electron chi connectivity index (χ0n) is 11.9. The average Bonchev–Trinajstić information content (AvgIpc) is 2.50. The van der Waals surface area contributed by atoms with E-state index in [0.29, 0.717) is 0 Å². The summed E-state index contributed by atoms with van der Waals surface area (Å²) in [7, 11) is 0. The SMILES string of the molecule is Cc1ccc(C)c(NC(=O)[C@@H](Br)[C@H](Br)c2ccccc2)c1. The van der Waals surface area contributed by atoms with Gasteiger partial charge in [0.25, 0.3) is 0 Å². The van der Waals surface area contributed by atoms with E-state index >= 15 is 0 Å². The largest absolute Gasteiger partial charge is 0.325 e. The van der Waals surface area contributed by atoms with Gasteiger partial charge >= 0.3 is 0 Å². The van der Waals surface area contributed by atoms with Crippen LogP contribution in [-0.2, 0) is 4.79 Å². The molecule has 2 aromatic carbocycles. The first kappa shape index (κ1) is 16.2. The molecule has 0 saturated carbocycles. The van der Waals surface area contributed by atoms with Crippen molar-refractivity contribution < 1.29 is 4.79 Å². The highest BCUT2D eigenvalue weighted by molar-refractivity contribution is 9.12. The van der Waals surface area contributed by atoms with Crippen LogP contribution in [0.25, 0.3) is 0 Å². The van der Waals surface area contributed by atoms with Crippen LogP contribution in [0.4, 0.5) is 5.69 Å². The molecule has 0 aromatic heterocycles. The van der Waals surface area contributed by atoms with Crippen molar-refractivity contribution in [1.82, 2.24) is 0 Å². The second kappa shape index (κ2) is 7.23. The van der Waals surface area contributed by atoms with E-state index in [0.717, 1.165) is 22.4 Å². The summed E-state index contributed by atoms with van der Waals surface area (Å²) in [5.41, 5.74) is 4.10. The zero-order valence-corrected chi connectivity index (χ0v) is 15.1.